The largest absolute Gasteiger partial charge is 0.296 e. The summed E-state index contributed by atoms with van der Waals surface area (Å²) in [5.41, 5.74) is 0. The van der Waals surface area contributed by atoms with Crippen molar-refractivity contribution in [3.8, 4) is 6.07 Å². The number of nitrogens with zero attached hydrogens (tertiary/aromatic N) is 2. The maximum atomic E-state index is 8.69. The van der Waals surface area contributed by atoms with Gasteiger partial charge in [0.25, 0.3) is 0 Å². The zero-order valence-corrected chi connectivity index (χ0v) is 7.83. The Morgan fingerprint density at radius 2 is 2.33 bits per heavy atom. The zero-order valence-electron chi connectivity index (χ0n) is 7.83. The summed E-state index contributed by atoms with van der Waals surface area (Å²) in [6.45, 7) is 5.71. The van der Waals surface area contributed by atoms with Crippen LogP contribution in [0.2, 0.25) is 0 Å². The van der Waals surface area contributed by atoms with Crippen LogP contribution in [-0.4, -0.2) is 23.5 Å². The van der Waals surface area contributed by atoms with Crippen LogP contribution in [-0.2, 0) is 0 Å². The quantitative estimate of drug-likeness (QED) is 0.620. The second kappa shape index (κ2) is 2.74. The SMILES string of the molecule is CC(C)N1CC2CC2C1CC#N. The molecule has 2 fully saturated rings. The Kier molecular flexibility index (Phi) is 1.84. The van der Waals surface area contributed by atoms with Gasteiger partial charge in [-0.1, -0.05) is 0 Å². The van der Waals surface area contributed by atoms with Gasteiger partial charge in [0.1, 0.15) is 0 Å². The van der Waals surface area contributed by atoms with Crippen LogP contribution in [0.3, 0.4) is 0 Å². The number of piperidine rings is 1. The molecule has 0 aromatic heterocycles. The molecule has 0 radical (unpaired) electrons. The Balaban J connectivity index is 2.02. The molecule has 2 nitrogen and oxygen atoms in total. The zero-order chi connectivity index (χ0) is 8.72. The monoisotopic (exact) mass is 164 g/mol. The predicted octanol–water partition coefficient (Wildman–Crippen LogP) is 1.63. The summed E-state index contributed by atoms with van der Waals surface area (Å²) in [5, 5.41) is 8.69. The standard InChI is InChI=1S/C10H16N2/c1-7(2)12-6-8-5-9(8)10(12)3-4-11/h7-10H,3,5-6H2,1-2H3. The molecule has 2 heteroatoms. The van der Waals surface area contributed by atoms with Gasteiger partial charge in [0.05, 0.1) is 12.5 Å². The highest BCUT2D eigenvalue weighted by atomic mass is 15.2. The molecule has 0 spiro atoms. The number of nitriles is 1. The van der Waals surface area contributed by atoms with Gasteiger partial charge < -0.3 is 0 Å². The molecule has 66 valence electrons. The van der Waals surface area contributed by atoms with E-state index in [1.807, 2.05) is 0 Å². The van der Waals surface area contributed by atoms with Crippen molar-refractivity contribution in [2.24, 2.45) is 11.8 Å². The minimum atomic E-state index is 0.583. The third kappa shape index (κ3) is 1.13. The van der Waals surface area contributed by atoms with E-state index in [1.54, 1.807) is 0 Å². The molecule has 3 unspecified atom stereocenters. The van der Waals surface area contributed by atoms with E-state index >= 15 is 0 Å². The second-order valence-electron chi connectivity index (χ2n) is 4.38. The van der Waals surface area contributed by atoms with Crippen molar-refractivity contribution in [2.75, 3.05) is 6.54 Å². The molecule has 2 rings (SSSR count). The lowest BCUT2D eigenvalue weighted by molar-refractivity contribution is 0.177. The van der Waals surface area contributed by atoms with Crippen LogP contribution in [0.4, 0.5) is 0 Å². The van der Waals surface area contributed by atoms with Crippen molar-refractivity contribution >= 4 is 0 Å². The summed E-state index contributed by atoms with van der Waals surface area (Å²) < 4.78 is 0. The summed E-state index contributed by atoms with van der Waals surface area (Å²) in [5.74, 6) is 1.80. The van der Waals surface area contributed by atoms with E-state index in [1.165, 1.54) is 13.0 Å². The highest BCUT2D eigenvalue weighted by Gasteiger charge is 2.52. The van der Waals surface area contributed by atoms with Crippen molar-refractivity contribution in [3.63, 3.8) is 0 Å². The Morgan fingerprint density at radius 1 is 1.58 bits per heavy atom. The Hall–Kier alpha value is -0.550. The van der Waals surface area contributed by atoms with E-state index in [0.29, 0.717) is 12.1 Å². The predicted molar refractivity (Wildman–Crippen MR) is 47.5 cm³/mol. The minimum Gasteiger partial charge on any atom is -0.296 e. The highest BCUT2D eigenvalue weighted by Crippen LogP contribution is 2.50. The van der Waals surface area contributed by atoms with E-state index in [-0.39, 0.29) is 0 Å². The number of fused-ring (bicyclic) bond motifs is 1. The van der Waals surface area contributed by atoms with Gasteiger partial charge in [0, 0.05) is 18.6 Å². The maximum Gasteiger partial charge on any atom is 0.0638 e. The van der Waals surface area contributed by atoms with Gasteiger partial charge >= 0.3 is 0 Å². The van der Waals surface area contributed by atoms with Gasteiger partial charge in [-0.05, 0) is 32.1 Å². The maximum absolute atomic E-state index is 8.69. The van der Waals surface area contributed by atoms with Crippen molar-refractivity contribution in [1.82, 2.24) is 4.90 Å². The van der Waals surface area contributed by atoms with Crippen LogP contribution in [0.25, 0.3) is 0 Å². The molecule has 1 saturated carbocycles. The third-order valence-electron chi connectivity index (χ3n) is 3.31. The summed E-state index contributed by atoms with van der Waals surface area (Å²) >= 11 is 0. The van der Waals surface area contributed by atoms with E-state index in [0.717, 1.165) is 18.3 Å². The van der Waals surface area contributed by atoms with E-state index in [9.17, 15) is 0 Å². The summed E-state index contributed by atoms with van der Waals surface area (Å²) in [4.78, 5) is 2.50. The summed E-state index contributed by atoms with van der Waals surface area (Å²) in [7, 11) is 0. The molecule has 0 aromatic carbocycles. The van der Waals surface area contributed by atoms with Gasteiger partial charge in [0.2, 0.25) is 0 Å². The van der Waals surface area contributed by atoms with Crippen LogP contribution in [0, 0.1) is 23.2 Å². The van der Waals surface area contributed by atoms with Crippen molar-refractivity contribution in [2.45, 2.75) is 38.8 Å². The topological polar surface area (TPSA) is 27.0 Å². The van der Waals surface area contributed by atoms with E-state index in [4.69, 9.17) is 5.26 Å². The van der Waals surface area contributed by atoms with Crippen LogP contribution < -0.4 is 0 Å². The van der Waals surface area contributed by atoms with Gasteiger partial charge in [-0.3, -0.25) is 4.90 Å². The Morgan fingerprint density at radius 3 is 2.92 bits per heavy atom. The fourth-order valence-corrected chi connectivity index (χ4v) is 2.56. The smallest absolute Gasteiger partial charge is 0.0638 e. The molecule has 3 atom stereocenters. The molecule has 1 saturated heterocycles. The molecule has 0 amide bonds. The first-order valence-corrected chi connectivity index (χ1v) is 4.86. The lowest BCUT2D eigenvalue weighted by Crippen LogP contribution is -2.38. The Bertz CT molecular complexity index is 216. The molecular formula is C10H16N2. The van der Waals surface area contributed by atoms with Crippen LogP contribution in [0.1, 0.15) is 26.7 Å². The molecule has 1 aliphatic carbocycles. The first kappa shape index (κ1) is 8.07. The summed E-state index contributed by atoms with van der Waals surface area (Å²) in [6.07, 6.45) is 2.12. The number of hydrogen-bond acceptors (Lipinski definition) is 2. The second-order valence-corrected chi connectivity index (χ2v) is 4.38. The third-order valence-corrected chi connectivity index (χ3v) is 3.31. The number of hydrogen-bond donors (Lipinski definition) is 0. The Labute approximate surface area is 74.2 Å². The minimum absolute atomic E-state index is 0.583. The van der Waals surface area contributed by atoms with Gasteiger partial charge in [-0.15, -0.1) is 0 Å². The summed E-state index contributed by atoms with van der Waals surface area (Å²) in [6, 6.07) is 3.51. The molecular weight excluding hydrogens is 148 g/mol. The lowest BCUT2D eigenvalue weighted by Gasteiger charge is -2.29. The lowest BCUT2D eigenvalue weighted by atomic mass is 10.1. The van der Waals surface area contributed by atoms with Crippen LogP contribution >= 0.6 is 0 Å². The fourth-order valence-electron chi connectivity index (χ4n) is 2.56. The van der Waals surface area contributed by atoms with Crippen molar-refractivity contribution in [3.05, 3.63) is 0 Å². The van der Waals surface area contributed by atoms with Gasteiger partial charge in [-0.25, -0.2) is 0 Å². The molecule has 1 heterocycles. The average Bonchev–Trinajstić information content (AvgIpc) is 2.69. The van der Waals surface area contributed by atoms with E-state index in [2.05, 4.69) is 24.8 Å². The van der Waals surface area contributed by atoms with Gasteiger partial charge in [-0.2, -0.15) is 5.26 Å². The first-order chi connectivity index (χ1) is 5.74. The van der Waals surface area contributed by atoms with Crippen molar-refractivity contribution < 1.29 is 0 Å². The van der Waals surface area contributed by atoms with Gasteiger partial charge in [0.15, 0.2) is 0 Å². The highest BCUT2D eigenvalue weighted by molar-refractivity contribution is 5.07. The normalized spacial score (nSPS) is 39.7. The van der Waals surface area contributed by atoms with E-state index < -0.39 is 0 Å². The van der Waals surface area contributed by atoms with Crippen LogP contribution in [0.5, 0.6) is 0 Å². The molecule has 2 aliphatic rings. The number of likely N-dealkylation sites (tertiary alicyclic amines) is 1. The average molecular weight is 164 g/mol. The molecule has 0 bridgehead atoms. The first-order valence-electron chi connectivity index (χ1n) is 4.86. The molecule has 1 aliphatic heterocycles. The fraction of sp³-hybridized carbons (Fsp3) is 0.900. The van der Waals surface area contributed by atoms with Crippen molar-refractivity contribution in [1.29, 1.82) is 5.26 Å². The molecule has 0 N–H and O–H groups in total. The van der Waals surface area contributed by atoms with Crippen LogP contribution in [0.15, 0.2) is 0 Å². The molecule has 12 heavy (non-hydrogen) atoms. The number of rotatable bonds is 2. The molecule has 0 aromatic rings.